The summed E-state index contributed by atoms with van der Waals surface area (Å²) in [7, 11) is 0. The van der Waals surface area contributed by atoms with Crippen LogP contribution in [-0.4, -0.2) is 17.2 Å². The summed E-state index contributed by atoms with van der Waals surface area (Å²) < 4.78 is 4.43. The van der Waals surface area contributed by atoms with E-state index < -0.39 is 12.1 Å². The molecule has 0 aromatic heterocycles. The Bertz CT molecular complexity index is 214. The van der Waals surface area contributed by atoms with Crippen LogP contribution in [0.1, 0.15) is 13.8 Å². The zero-order chi connectivity index (χ0) is 8.85. The molecular weight excluding hydrogens is 146 g/mol. The molecule has 0 rings (SSSR count). The van der Waals surface area contributed by atoms with Crippen molar-refractivity contribution in [2.45, 2.75) is 20.0 Å². The summed E-state index contributed by atoms with van der Waals surface area (Å²) >= 11 is 0. The van der Waals surface area contributed by atoms with E-state index in [1.165, 1.54) is 19.3 Å². The summed E-state index contributed by atoms with van der Waals surface area (Å²) in [5.74, 6) is -1.00. The number of hydrogen-bond acceptors (Lipinski definition) is 3. The van der Waals surface area contributed by atoms with Crippen molar-refractivity contribution in [2.75, 3.05) is 0 Å². The number of carboxylic acid groups (broad SMARTS) is 1. The maximum Gasteiger partial charge on any atom is 0.331 e. The van der Waals surface area contributed by atoms with E-state index in [0.717, 1.165) is 0 Å². The predicted molar refractivity (Wildman–Crippen MR) is 37.6 cm³/mol. The number of aliphatic carboxylic acids is 1. The van der Waals surface area contributed by atoms with E-state index in [4.69, 9.17) is 10.4 Å². The number of ether oxygens (including phenoxy) is 1. The Labute approximate surface area is 64.7 Å². The molecule has 0 saturated heterocycles. The number of nitrogens with zero attached hydrogens (tertiary/aromatic N) is 1. The molecule has 0 bridgehead atoms. The van der Waals surface area contributed by atoms with Gasteiger partial charge in [0, 0.05) is 5.57 Å². The molecule has 0 aromatic carbocycles. The minimum Gasteiger partial charge on any atom is -0.478 e. The third-order valence-corrected chi connectivity index (χ3v) is 1.06. The summed E-state index contributed by atoms with van der Waals surface area (Å²) in [5.41, 5.74) is 0.174. The molecular formula is C7H9NO3. The molecule has 1 unspecified atom stereocenters. The van der Waals surface area contributed by atoms with Crippen LogP contribution in [0.4, 0.5) is 0 Å². The minimum atomic E-state index is -1.00. The van der Waals surface area contributed by atoms with Crippen LogP contribution in [0.25, 0.3) is 0 Å². The van der Waals surface area contributed by atoms with Crippen LogP contribution in [0, 0.1) is 11.5 Å². The summed E-state index contributed by atoms with van der Waals surface area (Å²) in [4.78, 5) is 10.2. The molecule has 0 spiro atoms. The number of rotatable bonds is 3. The number of carboxylic acids is 1. The standard InChI is InChI=1S/C7H9NO3/c1-5(7(9)10)3-6(2)11-4-8/h3,6H,1-2H3,(H,9,10). The normalized spacial score (nSPS) is 13.4. The fraction of sp³-hybridized carbons (Fsp3) is 0.429. The first kappa shape index (κ1) is 9.50. The molecule has 4 heteroatoms. The Kier molecular flexibility index (Phi) is 3.75. The lowest BCUT2D eigenvalue weighted by Crippen LogP contribution is -2.04. The minimum absolute atomic E-state index is 0.174. The molecule has 0 heterocycles. The topological polar surface area (TPSA) is 70.3 Å². The van der Waals surface area contributed by atoms with Crippen LogP contribution in [-0.2, 0) is 9.53 Å². The van der Waals surface area contributed by atoms with E-state index in [0.29, 0.717) is 0 Å². The van der Waals surface area contributed by atoms with Crippen LogP contribution >= 0.6 is 0 Å². The molecule has 0 aliphatic heterocycles. The molecule has 0 radical (unpaired) electrons. The number of nitriles is 1. The third kappa shape index (κ3) is 3.98. The average molecular weight is 155 g/mol. The van der Waals surface area contributed by atoms with Gasteiger partial charge in [0.1, 0.15) is 6.10 Å². The monoisotopic (exact) mass is 155 g/mol. The third-order valence-electron chi connectivity index (χ3n) is 1.06. The molecule has 0 amide bonds. The highest BCUT2D eigenvalue weighted by molar-refractivity contribution is 5.85. The van der Waals surface area contributed by atoms with E-state index in [1.807, 2.05) is 0 Å². The lowest BCUT2D eigenvalue weighted by molar-refractivity contribution is -0.132. The molecule has 1 N–H and O–H groups in total. The van der Waals surface area contributed by atoms with Gasteiger partial charge in [0.2, 0.25) is 0 Å². The van der Waals surface area contributed by atoms with Gasteiger partial charge in [-0.05, 0) is 19.9 Å². The van der Waals surface area contributed by atoms with E-state index in [-0.39, 0.29) is 5.57 Å². The quantitative estimate of drug-likeness (QED) is 0.485. The zero-order valence-corrected chi connectivity index (χ0v) is 6.37. The molecule has 0 aromatic rings. The van der Waals surface area contributed by atoms with E-state index in [1.54, 1.807) is 6.92 Å². The van der Waals surface area contributed by atoms with Gasteiger partial charge >= 0.3 is 5.97 Å². The SMILES string of the molecule is CC(=CC(C)OC#N)C(=O)O. The van der Waals surface area contributed by atoms with Gasteiger partial charge in [-0.25, -0.2) is 4.79 Å². The van der Waals surface area contributed by atoms with Gasteiger partial charge in [-0.15, -0.1) is 0 Å². The zero-order valence-electron chi connectivity index (χ0n) is 6.37. The van der Waals surface area contributed by atoms with Gasteiger partial charge in [-0.3, -0.25) is 0 Å². The second-order valence-corrected chi connectivity index (χ2v) is 2.07. The Morgan fingerprint density at radius 3 is 2.73 bits per heavy atom. The number of hydrogen-bond donors (Lipinski definition) is 1. The van der Waals surface area contributed by atoms with Crippen molar-refractivity contribution < 1.29 is 14.6 Å². The highest BCUT2D eigenvalue weighted by Gasteiger charge is 2.03. The molecule has 1 atom stereocenters. The molecule has 0 fully saturated rings. The molecule has 0 aliphatic carbocycles. The van der Waals surface area contributed by atoms with Crippen molar-refractivity contribution in [1.29, 1.82) is 5.26 Å². The van der Waals surface area contributed by atoms with Crippen LogP contribution in [0.5, 0.6) is 0 Å². The van der Waals surface area contributed by atoms with Crippen LogP contribution in [0.15, 0.2) is 11.6 Å². The van der Waals surface area contributed by atoms with Crippen molar-refractivity contribution in [3.05, 3.63) is 11.6 Å². The van der Waals surface area contributed by atoms with Gasteiger partial charge in [0.15, 0.2) is 0 Å². The van der Waals surface area contributed by atoms with Crippen molar-refractivity contribution >= 4 is 5.97 Å². The highest BCUT2D eigenvalue weighted by Crippen LogP contribution is 1.98. The van der Waals surface area contributed by atoms with Gasteiger partial charge in [0.25, 0.3) is 6.26 Å². The van der Waals surface area contributed by atoms with E-state index in [2.05, 4.69) is 4.74 Å². The summed E-state index contributed by atoms with van der Waals surface area (Å²) in [5, 5.41) is 16.4. The Hall–Kier alpha value is -1.50. The first-order valence-corrected chi connectivity index (χ1v) is 3.04. The largest absolute Gasteiger partial charge is 0.478 e. The molecule has 60 valence electrons. The molecule has 11 heavy (non-hydrogen) atoms. The van der Waals surface area contributed by atoms with Gasteiger partial charge in [-0.1, -0.05) is 0 Å². The van der Waals surface area contributed by atoms with Crippen molar-refractivity contribution in [1.82, 2.24) is 0 Å². The second kappa shape index (κ2) is 4.34. The van der Waals surface area contributed by atoms with Crippen molar-refractivity contribution in [3.8, 4) is 6.26 Å². The molecule has 4 nitrogen and oxygen atoms in total. The Morgan fingerprint density at radius 2 is 2.36 bits per heavy atom. The lowest BCUT2D eigenvalue weighted by Gasteiger charge is -2.01. The van der Waals surface area contributed by atoms with E-state index in [9.17, 15) is 4.79 Å². The Morgan fingerprint density at radius 1 is 1.82 bits per heavy atom. The first-order chi connectivity index (χ1) is 5.07. The fourth-order valence-electron chi connectivity index (χ4n) is 0.541. The lowest BCUT2D eigenvalue weighted by atomic mass is 10.2. The summed E-state index contributed by atoms with van der Waals surface area (Å²) in [6.07, 6.45) is 2.37. The first-order valence-electron chi connectivity index (χ1n) is 3.04. The number of carbonyl (C=O) groups is 1. The van der Waals surface area contributed by atoms with E-state index >= 15 is 0 Å². The Balaban J connectivity index is 4.09. The highest BCUT2D eigenvalue weighted by atomic mass is 16.5. The van der Waals surface area contributed by atoms with Crippen LogP contribution < -0.4 is 0 Å². The van der Waals surface area contributed by atoms with Crippen LogP contribution in [0.2, 0.25) is 0 Å². The average Bonchev–Trinajstić information content (AvgIpc) is 1.87. The van der Waals surface area contributed by atoms with Crippen molar-refractivity contribution in [2.24, 2.45) is 0 Å². The second-order valence-electron chi connectivity index (χ2n) is 2.07. The maximum atomic E-state index is 10.2. The van der Waals surface area contributed by atoms with Gasteiger partial charge < -0.3 is 9.84 Å². The predicted octanol–water partition coefficient (Wildman–Crippen LogP) is 0.903. The summed E-state index contributed by atoms with van der Waals surface area (Å²) in [6.45, 7) is 3.04. The van der Waals surface area contributed by atoms with Crippen LogP contribution in [0.3, 0.4) is 0 Å². The van der Waals surface area contributed by atoms with Crippen molar-refractivity contribution in [3.63, 3.8) is 0 Å². The summed E-state index contributed by atoms with van der Waals surface area (Å²) in [6, 6.07) is 0. The van der Waals surface area contributed by atoms with Gasteiger partial charge in [0.05, 0.1) is 0 Å². The smallest absolute Gasteiger partial charge is 0.331 e. The molecule has 0 aliphatic rings. The molecule has 0 saturated carbocycles. The van der Waals surface area contributed by atoms with Gasteiger partial charge in [-0.2, -0.15) is 5.26 Å². The maximum absolute atomic E-state index is 10.2. The fourth-order valence-corrected chi connectivity index (χ4v) is 0.541.